The number of carbonyl (C=O) groups excluding carboxylic acids is 1. The molecular formula is C30H39N3O6S3. The van der Waals surface area contributed by atoms with Crippen LogP contribution in [0.2, 0.25) is 0 Å². The van der Waals surface area contributed by atoms with E-state index in [0.717, 1.165) is 34.6 Å². The number of rotatable bonds is 8. The van der Waals surface area contributed by atoms with Crippen molar-refractivity contribution in [3.63, 3.8) is 0 Å². The highest BCUT2D eigenvalue weighted by Crippen LogP contribution is 2.32. The minimum absolute atomic E-state index is 0.00454. The molecule has 0 aliphatic carbocycles. The molecule has 0 bridgehead atoms. The maximum absolute atomic E-state index is 11.4. The number of fused-ring (bicyclic) bond motifs is 1. The zero-order valence-corrected chi connectivity index (χ0v) is 27.2. The molecule has 5 rings (SSSR count). The predicted molar refractivity (Wildman–Crippen MR) is 169 cm³/mol. The summed E-state index contributed by atoms with van der Waals surface area (Å²) in [6.45, 7) is 12.5. The fourth-order valence-corrected chi connectivity index (χ4v) is 6.52. The lowest BCUT2D eigenvalue weighted by molar-refractivity contribution is -0.152. The largest absolute Gasteiger partial charge is 0.473 e. The number of aromatic nitrogens is 2. The van der Waals surface area contributed by atoms with E-state index >= 15 is 0 Å². The van der Waals surface area contributed by atoms with Crippen LogP contribution in [0.25, 0.3) is 21.6 Å². The molecule has 0 saturated carbocycles. The predicted octanol–water partition coefficient (Wildman–Crippen LogP) is 6.55. The van der Waals surface area contributed by atoms with Gasteiger partial charge in [0.15, 0.2) is 0 Å². The number of sulfonamides is 1. The molecule has 9 nitrogen and oxygen atoms in total. The molecule has 12 heteroatoms. The van der Waals surface area contributed by atoms with Gasteiger partial charge in [-0.2, -0.15) is 0 Å². The first-order valence-electron chi connectivity index (χ1n) is 13.8. The maximum Gasteiger partial charge on any atom is 0.308 e. The molecule has 0 amide bonds. The first kappa shape index (κ1) is 33.6. The Balaban J connectivity index is 0.000000183. The van der Waals surface area contributed by atoms with Gasteiger partial charge < -0.3 is 14.2 Å². The normalized spacial score (nSPS) is 14.8. The zero-order valence-electron chi connectivity index (χ0n) is 24.8. The Labute approximate surface area is 256 Å². The Morgan fingerprint density at radius 3 is 2.14 bits per heavy atom. The van der Waals surface area contributed by atoms with E-state index in [-0.39, 0.29) is 30.1 Å². The molecule has 1 aliphatic heterocycles. The number of para-hydroxylation sites is 2. The number of benzene rings is 1. The second kappa shape index (κ2) is 16.1. The number of carbonyl (C=O) groups is 1. The fraction of sp³-hybridized carbons (Fsp3) is 0.433. The Hall–Kier alpha value is -2.90. The highest BCUT2D eigenvalue weighted by atomic mass is 32.2. The molecule has 1 saturated heterocycles. The number of thiophene rings is 2. The van der Waals surface area contributed by atoms with Crippen LogP contribution in [-0.2, 0) is 24.3 Å². The van der Waals surface area contributed by atoms with Gasteiger partial charge in [-0.05, 0) is 62.7 Å². The first-order valence-corrected chi connectivity index (χ1v) is 17.0. The first-order chi connectivity index (χ1) is 20.0. The van der Waals surface area contributed by atoms with Crippen molar-refractivity contribution in [2.75, 3.05) is 13.2 Å². The van der Waals surface area contributed by atoms with Crippen LogP contribution in [0.1, 0.15) is 48.0 Å². The SMILES string of the molecule is CC(C)C(=O)O[C@@H]1CCOC1.CC(C)NS(=O)(=O)c1cccs1.CC(C)Oc1nc2ccccc2nc1-c1cccs1. The van der Waals surface area contributed by atoms with Gasteiger partial charge in [0.2, 0.25) is 15.9 Å². The Kier molecular flexibility index (Phi) is 12.9. The third-order valence-electron chi connectivity index (χ3n) is 5.43. The summed E-state index contributed by atoms with van der Waals surface area (Å²) < 4.78 is 41.7. The third-order valence-corrected chi connectivity index (χ3v) is 9.37. The van der Waals surface area contributed by atoms with Gasteiger partial charge in [0.05, 0.1) is 41.1 Å². The zero-order chi connectivity index (χ0) is 30.7. The lowest BCUT2D eigenvalue weighted by atomic mass is 10.2. The van der Waals surface area contributed by atoms with Gasteiger partial charge in [0, 0.05) is 12.5 Å². The van der Waals surface area contributed by atoms with Crippen molar-refractivity contribution < 1.29 is 27.4 Å². The van der Waals surface area contributed by atoms with E-state index in [2.05, 4.69) is 9.71 Å². The van der Waals surface area contributed by atoms with E-state index < -0.39 is 10.0 Å². The molecule has 0 radical (unpaired) electrons. The fourth-order valence-electron chi connectivity index (χ4n) is 3.55. The molecule has 3 aromatic heterocycles. The van der Waals surface area contributed by atoms with Crippen LogP contribution in [0.3, 0.4) is 0 Å². The molecule has 228 valence electrons. The van der Waals surface area contributed by atoms with E-state index in [1.807, 2.05) is 69.5 Å². The second-order valence-electron chi connectivity index (χ2n) is 10.3. The summed E-state index contributed by atoms with van der Waals surface area (Å²) in [5, 5.41) is 3.78. The van der Waals surface area contributed by atoms with Crippen molar-refractivity contribution in [2.24, 2.45) is 5.92 Å². The van der Waals surface area contributed by atoms with Crippen molar-refractivity contribution in [3.05, 3.63) is 59.3 Å². The molecule has 1 fully saturated rings. The van der Waals surface area contributed by atoms with Crippen LogP contribution < -0.4 is 9.46 Å². The Morgan fingerprint density at radius 1 is 0.952 bits per heavy atom. The van der Waals surface area contributed by atoms with Gasteiger partial charge in [0.25, 0.3) is 0 Å². The molecule has 4 aromatic rings. The van der Waals surface area contributed by atoms with E-state index in [1.54, 1.807) is 42.7 Å². The van der Waals surface area contributed by atoms with Gasteiger partial charge in [-0.15, -0.1) is 22.7 Å². The number of hydrogen-bond donors (Lipinski definition) is 1. The van der Waals surface area contributed by atoms with Gasteiger partial charge in [-0.1, -0.05) is 38.1 Å². The van der Waals surface area contributed by atoms with E-state index in [4.69, 9.17) is 19.2 Å². The second-order valence-corrected chi connectivity index (χ2v) is 14.1. The molecule has 4 heterocycles. The van der Waals surface area contributed by atoms with Crippen molar-refractivity contribution in [1.29, 1.82) is 0 Å². The van der Waals surface area contributed by atoms with Crippen molar-refractivity contribution in [2.45, 2.75) is 70.4 Å². The van der Waals surface area contributed by atoms with E-state index in [0.29, 0.717) is 16.7 Å². The molecular weight excluding hydrogens is 595 g/mol. The highest BCUT2D eigenvalue weighted by molar-refractivity contribution is 7.91. The van der Waals surface area contributed by atoms with Crippen LogP contribution >= 0.6 is 22.7 Å². The summed E-state index contributed by atoms with van der Waals surface area (Å²) in [6.07, 6.45) is 0.928. The summed E-state index contributed by atoms with van der Waals surface area (Å²) in [6, 6.07) is 15.2. The average Bonchev–Trinajstić information content (AvgIpc) is 3.72. The number of hydrogen-bond acceptors (Lipinski definition) is 10. The van der Waals surface area contributed by atoms with Gasteiger partial charge in [-0.3, -0.25) is 4.79 Å². The third kappa shape index (κ3) is 10.4. The number of esters is 1. The Bertz CT molecular complexity index is 1480. The monoisotopic (exact) mass is 633 g/mol. The van der Waals surface area contributed by atoms with Gasteiger partial charge in [0.1, 0.15) is 16.0 Å². The molecule has 42 heavy (non-hydrogen) atoms. The van der Waals surface area contributed by atoms with Crippen LogP contribution in [0.5, 0.6) is 5.88 Å². The quantitative estimate of drug-likeness (QED) is 0.217. The smallest absolute Gasteiger partial charge is 0.308 e. The summed E-state index contributed by atoms with van der Waals surface area (Å²) in [5.74, 6) is 0.451. The number of nitrogens with one attached hydrogen (secondary N) is 1. The van der Waals surface area contributed by atoms with Gasteiger partial charge >= 0.3 is 5.97 Å². The minimum atomic E-state index is -3.25. The molecule has 1 aromatic carbocycles. The van der Waals surface area contributed by atoms with Crippen LogP contribution in [0, 0.1) is 5.92 Å². The molecule has 0 spiro atoms. The van der Waals surface area contributed by atoms with E-state index in [9.17, 15) is 13.2 Å². The maximum atomic E-state index is 11.4. The standard InChI is InChI=1S/C15H14N2OS.C8H14O3.C7H11NO2S2/c1-10(2)18-15-14(13-8-5-9-19-13)16-11-6-3-4-7-12(11)17-15;1-6(2)8(9)11-7-3-4-10-5-7;1-6(2)8-12(9,10)7-4-3-5-11-7/h3-10H,1-2H3;6-7H,3-5H2,1-2H3;3-6,8H,1-2H3/t;7-;/m.1./s1. The summed E-state index contributed by atoms with van der Waals surface area (Å²) in [4.78, 5) is 21.4. The number of nitrogens with zero attached hydrogens (tertiary/aromatic N) is 2. The summed E-state index contributed by atoms with van der Waals surface area (Å²) in [7, 11) is -3.25. The van der Waals surface area contributed by atoms with Crippen molar-refractivity contribution in [1.82, 2.24) is 14.7 Å². The molecule has 1 N–H and O–H groups in total. The molecule has 1 atom stereocenters. The lowest BCUT2D eigenvalue weighted by Gasteiger charge is -2.12. The number of ether oxygens (including phenoxy) is 3. The average molecular weight is 634 g/mol. The van der Waals surface area contributed by atoms with Crippen LogP contribution in [0.4, 0.5) is 0 Å². The topological polar surface area (TPSA) is 117 Å². The van der Waals surface area contributed by atoms with E-state index in [1.165, 1.54) is 11.3 Å². The summed E-state index contributed by atoms with van der Waals surface area (Å²) >= 11 is 2.86. The van der Waals surface area contributed by atoms with Crippen molar-refractivity contribution >= 4 is 49.7 Å². The minimum Gasteiger partial charge on any atom is -0.473 e. The Morgan fingerprint density at radius 2 is 1.62 bits per heavy atom. The highest BCUT2D eigenvalue weighted by Gasteiger charge is 2.21. The van der Waals surface area contributed by atoms with Crippen LogP contribution in [0.15, 0.2) is 63.5 Å². The van der Waals surface area contributed by atoms with Crippen molar-refractivity contribution in [3.8, 4) is 16.5 Å². The van der Waals surface area contributed by atoms with Gasteiger partial charge in [-0.25, -0.2) is 23.1 Å². The summed E-state index contributed by atoms with van der Waals surface area (Å²) in [5.41, 5.74) is 2.57. The molecule has 0 unspecified atom stereocenters. The molecule has 1 aliphatic rings. The van der Waals surface area contributed by atoms with Crippen LogP contribution in [-0.4, -0.2) is 55.8 Å². The lowest BCUT2D eigenvalue weighted by Crippen LogP contribution is -2.29.